The van der Waals surface area contributed by atoms with Gasteiger partial charge in [0, 0.05) is 69.0 Å². The van der Waals surface area contributed by atoms with E-state index in [9.17, 15) is 33.6 Å². The number of nitrogens with one attached hydrogen (secondary N) is 5. The van der Waals surface area contributed by atoms with Gasteiger partial charge in [0.1, 0.15) is 18.1 Å². The largest absolute Gasteiger partial charge is 0.370 e. The number of fused-ring (bicyclic) bond motifs is 1. The molecule has 0 unspecified atom stereocenters. The number of hydrogen-bond donors (Lipinski definition) is 8. The third-order valence-corrected chi connectivity index (χ3v) is 10.3. The summed E-state index contributed by atoms with van der Waals surface area (Å²) in [7, 11) is 0. The van der Waals surface area contributed by atoms with E-state index < -0.39 is 72.6 Å². The number of aromatic amines is 1. The fraction of sp³-hybridized carbons (Fsp3) is 0.364. The van der Waals surface area contributed by atoms with Crippen molar-refractivity contribution in [2.75, 3.05) is 32.7 Å². The first-order chi connectivity index (χ1) is 29.9. The van der Waals surface area contributed by atoms with Gasteiger partial charge in [0.05, 0.1) is 13.1 Å². The van der Waals surface area contributed by atoms with E-state index in [0.29, 0.717) is 11.1 Å². The standard InChI is InChI=1S/C44H55N11O7/c45-37(56)27-54-22-21-48-38(57)18-9-19-39(58)52-35(23-29-11-3-1-4-12-29)43(62)55(26-30-13-5-2-6-14-30)28-40(59)51-34(17-10-20-49-44(46)47)41(60)53-36(42(54)61)24-31-25-50-33-16-8-7-15-32(31)33/h1-8,11-16,25,34-36,50H,9-10,17-24,26-28H2,(H2,45,56)(H,48,57)(H,51,59)(H,52,58)(H,53,60)(H4,46,47,49)/t34-,35-,36-/m0/s1. The van der Waals surface area contributed by atoms with E-state index in [-0.39, 0.29) is 77.1 Å². The van der Waals surface area contributed by atoms with Crippen LogP contribution in [0.5, 0.6) is 0 Å². The van der Waals surface area contributed by atoms with Gasteiger partial charge >= 0.3 is 0 Å². The third kappa shape index (κ3) is 14.2. The molecule has 7 amide bonds. The molecule has 18 heteroatoms. The van der Waals surface area contributed by atoms with Crippen LogP contribution in [0, 0.1) is 0 Å². The second kappa shape index (κ2) is 22.9. The average Bonchev–Trinajstić information content (AvgIpc) is 3.65. The molecule has 1 aliphatic heterocycles. The number of hydrogen-bond acceptors (Lipinski definition) is 8. The maximum atomic E-state index is 14.5. The van der Waals surface area contributed by atoms with Crippen molar-refractivity contribution < 1.29 is 33.6 Å². The molecule has 0 radical (unpaired) electrons. The van der Waals surface area contributed by atoms with Crippen molar-refractivity contribution in [3.63, 3.8) is 0 Å². The van der Waals surface area contributed by atoms with Crippen molar-refractivity contribution >= 4 is 58.2 Å². The summed E-state index contributed by atoms with van der Waals surface area (Å²) in [4.78, 5) is 106. The van der Waals surface area contributed by atoms with Crippen molar-refractivity contribution in [3.8, 4) is 0 Å². The molecule has 1 aromatic heterocycles. The van der Waals surface area contributed by atoms with Gasteiger partial charge in [0.2, 0.25) is 41.4 Å². The zero-order chi connectivity index (χ0) is 44.4. The van der Waals surface area contributed by atoms with Crippen LogP contribution in [0.2, 0.25) is 0 Å². The van der Waals surface area contributed by atoms with Gasteiger partial charge in [-0.1, -0.05) is 78.9 Å². The lowest BCUT2D eigenvalue weighted by Crippen LogP contribution is -2.57. The summed E-state index contributed by atoms with van der Waals surface area (Å²) in [6.07, 6.45) is 2.10. The first kappa shape index (κ1) is 45.8. The number of benzene rings is 3. The fourth-order valence-corrected chi connectivity index (χ4v) is 7.23. The molecular weight excluding hydrogens is 795 g/mol. The first-order valence-corrected chi connectivity index (χ1v) is 20.6. The predicted molar refractivity (Wildman–Crippen MR) is 232 cm³/mol. The van der Waals surface area contributed by atoms with Crippen LogP contribution in [0.3, 0.4) is 0 Å². The van der Waals surface area contributed by atoms with Crippen LogP contribution in [-0.4, -0.2) is 113 Å². The molecule has 1 saturated heterocycles. The zero-order valence-corrected chi connectivity index (χ0v) is 34.5. The van der Waals surface area contributed by atoms with Gasteiger partial charge in [-0.15, -0.1) is 0 Å². The molecule has 1 fully saturated rings. The normalized spacial score (nSPS) is 19.1. The number of amides is 7. The van der Waals surface area contributed by atoms with E-state index in [2.05, 4.69) is 31.2 Å². The second-order valence-corrected chi connectivity index (χ2v) is 15.1. The second-order valence-electron chi connectivity index (χ2n) is 15.1. The number of para-hydroxylation sites is 1. The predicted octanol–water partition coefficient (Wildman–Crippen LogP) is 0.104. The lowest BCUT2D eigenvalue weighted by molar-refractivity contribution is -0.141. The van der Waals surface area contributed by atoms with Crippen molar-refractivity contribution in [1.29, 1.82) is 0 Å². The Balaban J connectivity index is 1.51. The van der Waals surface area contributed by atoms with Crippen LogP contribution in [0.4, 0.5) is 0 Å². The Morgan fingerprint density at radius 3 is 2.03 bits per heavy atom. The van der Waals surface area contributed by atoms with Crippen molar-refractivity contribution in [1.82, 2.24) is 36.1 Å². The summed E-state index contributed by atoms with van der Waals surface area (Å²) in [6, 6.07) is 21.9. The highest BCUT2D eigenvalue weighted by atomic mass is 16.2. The highest BCUT2D eigenvalue weighted by molar-refractivity contribution is 5.96. The topological polar surface area (TPSA) is 280 Å². The van der Waals surface area contributed by atoms with E-state index >= 15 is 0 Å². The molecule has 5 rings (SSSR count). The minimum Gasteiger partial charge on any atom is -0.370 e. The summed E-state index contributed by atoms with van der Waals surface area (Å²) < 4.78 is 0. The minimum absolute atomic E-state index is 0.00727. The van der Waals surface area contributed by atoms with Crippen LogP contribution in [0.1, 0.15) is 48.8 Å². The average molecular weight is 850 g/mol. The Kier molecular flexibility index (Phi) is 17.0. The summed E-state index contributed by atoms with van der Waals surface area (Å²) in [5.41, 5.74) is 19.6. The molecule has 0 aliphatic carbocycles. The van der Waals surface area contributed by atoms with Gasteiger partial charge in [-0.3, -0.25) is 38.6 Å². The highest BCUT2D eigenvalue weighted by Gasteiger charge is 2.33. The molecule has 4 aromatic rings. The number of H-pyrrole nitrogens is 1. The molecule has 62 heavy (non-hydrogen) atoms. The number of rotatable bonds is 12. The van der Waals surface area contributed by atoms with E-state index in [0.717, 1.165) is 21.4 Å². The lowest BCUT2D eigenvalue weighted by Gasteiger charge is -2.30. The molecule has 3 atom stereocenters. The molecule has 11 N–H and O–H groups in total. The summed E-state index contributed by atoms with van der Waals surface area (Å²) >= 11 is 0. The Labute approximate surface area is 359 Å². The number of nitrogens with two attached hydrogens (primary N) is 3. The smallest absolute Gasteiger partial charge is 0.246 e. The van der Waals surface area contributed by atoms with E-state index in [4.69, 9.17) is 17.2 Å². The highest BCUT2D eigenvalue weighted by Crippen LogP contribution is 2.20. The monoisotopic (exact) mass is 849 g/mol. The van der Waals surface area contributed by atoms with Crippen LogP contribution < -0.4 is 38.5 Å². The van der Waals surface area contributed by atoms with E-state index in [1.54, 1.807) is 30.5 Å². The van der Waals surface area contributed by atoms with Gasteiger partial charge in [-0.25, -0.2) is 0 Å². The molecule has 1 aliphatic rings. The molecule has 0 saturated carbocycles. The van der Waals surface area contributed by atoms with Crippen molar-refractivity contribution in [3.05, 3.63) is 108 Å². The molecule has 2 heterocycles. The Morgan fingerprint density at radius 2 is 1.32 bits per heavy atom. The molecule has 0 spiro atoms. The quantitative estimate of drug-likeness (QED) is 0.0545. The lowest BCUT2D eigenvalue weighted by atomic mass is 10.0. The van der Waals surface area contributed by atoms with Crippen LogP contribution >= 0.6 is 0 Å². The number of aromatic nitrogens is 1. The third-order valence-electron chi connectivity index (χ3n) is 10.3. The van der Waals surface area contributed by atoms with Gasteiger partial charge < -0.3 is 53.3 Å². The number of nitrogens with zero attached hydrogens (tertiary/aromatic N) is 3. The molecule has 18 nitrogen and oxygen atoms in total. The van der Waals surface area contributed by atoms with Gasteiger partial charge in [0.25, 0.3) is 0 Å². The SMILES string of the molecule is NC(=O)CN1CCNC(=O)CCCC(=O)N[C@@H](Cc2ccccc2)C(=O)N(Cc2ccccc2)CC(=O)N[C@@H](CCCN=C(N)N)C(=O)N[C@@H](Cc2c[nH]c3ccccc23)C1=O. The number of carbonyl (C=O) groups excluding carboxylic acids is 7. The molecule has 328 valence electrons. The van der Waals surface area contributed by atoms with Gasteiger partial charge in [-0.2, -0.15) is 0 Å². The van der Waals surface area contributed by atoms with E-state index in [1.165, 1.54) is 4.90 Å². The Morgan fingerprint density at radius 1 is 0.694 bits per heavy atom. The number of guanidine groups is 1. The van der Waals surface area contributed by atoms with Crippen molar-refractivity contribution in [2.45, 2.75) is 69.6 Å². The molecular formula is C44H55N11O7. The number of primary amides is 1. The van der Waals surface area contributed by atoms with Crippen molar-refractivity contribution in [2.24, 2.45) is 22.2 Å². The van der Waals surface area contributed by atoms with Crippen LogP contribution in [0.25, 0.3) is 10.9 Å². The maximum absolute atomic E-state index is 14.5. The van der Waals surface area contributed by atoms with Gasteiger partial charge in [0.15, 0.2) is 5.96 Å². The first-order valence-electron chi connectivity index (χ1n) is 20.6. The zero-order valence-electron chi connectivity index (χ0n) is 34.5. The van der Waals surface area contributed by atoms with Gasteiger partial charge in [-0.05, 0) is 42.0 Å². The molecule has 0 bridgehead atoms. The van der Waals surface area contributed by atoms with E-state index in [1.807, 2.05) is 60.7 Å². The summed E-state index contributed by atoms with van der Waals surface area (Å²) in [5, 5.41) is 12.0. The van der Waals surface area contributed by atoms with Crippen LogP contribution in [-0.2, 0) is 52.9 Å². The maximum Gasteiger partial charge on any atom is 0.246 e. The Bertz CT molecular complexity index is 2210. The summed E-state index contributed by atoms with van der Waals surface area (Å²) in [6.45, 7) is -1.09. The Hall–Kier alpha value is -7.24. The number of carbonyl (C=O) groups is 7. The summed E-state index contributed by atoms with van der Waals surface area (Å²) in [5.74, 6) is -4.47. The molecule has 3 aromatic carbocycles. The fourth-order valence-electron chi connectivity index (χ4n) is 7.23. The minimum atomic E-state index is -1.27. The number of aliphatic imine (C=N–C) groups is 1. The van der Waals surface area contributed by atoms with Crippen LogP contribution in [0.15, 0.2) is 96.1 Å².